The predicted molar refractivity (Wildman–Crippen MR) is 92.0 cm³/mol. The van der Waals surface area contributed by atoms with Crippen LogP contribution in [0.1, 0.15) is 45.4 Å². The molecule has 0 aliphatic rings. The zero-order chi connectivity index (χ0) is 16.3. The highest BCUT2D eigenvalue weighted by molar-refractivity contribution is 5.69. The van der Waals surface area contributed by atoms with Crippen LogP contribution in [0.15, 0.2) is 42.9 Å². The Bertz CT molecular complexity index is 578. The molecule has 2 rings (SSSR count). The van der Waals surface area contributed by atoms with E-state index < -0.39 is 0 Å². The Labute approximate surface area is 138 Å². The van der Waals surface area contributed by atoms with Crippen LogP contribution in [0.3, 0.4) is 0 Å². The van der Waals surface area contributed by atoms with Gasteiger partial charge in [0, 0.05) is 24.7 Å². The Kier molecular flexibility index (Phi) is 7.37. The number of carbonyl (C=O) groups excluding carboxylic acids is 1. The van der Waals surface area contributed by atoms with E-state index in [-0.39, 0.29) is 5.97 Å². The van der Waals surface area contributed by atoms with Gasteiger partial charge in [0.1, 0.15) is 0 Å². The molecule has 2 aromatic rings. The van der Waals surface area contributed by atoms with E-state index in [4.69, 9.17) is 4.74 Å². The second-order valence-corrected chi connectivity index (χ2v) is 5.69. The van der Waals surface area contributed by atoms with Crippen LogP contribution in [-0.4, -0.2) is 22.1 Å². The average molecular weight is 314 g/mol. The maximum absolute atomic E-state index is 11.2. The summed E-state index contributed by atoms with van der Waals surface area (Å²) in [6.45, 7) is 3.32. The second-order valence-electron chi connectivity index (χ2n) is 5.69. The van der Waals surface area contributed by atoms with E-state index in [9.17, 15) is 4.79 Å². The summed E-state index contributed by atoms with van der Waals surface area (Å²) in [7, 11) is 0. The number of hydrogen-bond acceptors (Lipinski definition) is 3. The minimum Gasteiger partial charge on any atom is -0.466 e. The monoisotopic (exact) mass is 314 g/mol. The summed E-state index contributed by atoms with van der Waals surface area (Å²) < 4.78 is 7.07. The summed E-state index contributed by atoms with van der Waals surface area (Å²) in [5.41, 5.74) is 2.19. The third-order valence-electron chi connectivity index (χ3n) is 3.81. The zero-order valence-corrected chi connectivity index (χ0v) is 13.9. The number of aromatic nitrogens is 2. The minimum absolute atomic E-state index is 0.0700. The van der Waals surface area contributed by atoms with Crippen LogP contribution in [0.2, 0.25) is 0 Å². The number of unbranched alkanes of at least 4 members (excludes halogenated alkanes) is 4. The number of nitrogens with zero attached hydrogens (tertiary/aromatic N) is 2. The number of ether oxygens (including phenoxy) is 1. The highest BCUT2D eigenvalue weighted by atomic mass is 16.5. The van der Waals surface area contributed by atoms with Gasteiger partial charge in [-0.25, -0.2) is 4.98 Å². The van der Waals surface area contributed by atoms with E-state index in [1.807, 2.05) is 31.5 Å². The summed E-state index contributed by atoms with van der Waals surface area (Å²) >= 11 is 0. The van der Waals surface area contributed by atoms with Gasteiger partial charge < -0.3 is 9.30 Å². The number of benzene rings is 1. The van der Waals surface area contributed by atoms with Crippen LogP contribution in [0.25, 0.3) is 11.3 Å². The van der Waals surface area contributed by atoms with Gasteiger partial charge >= 0.3 is 5.97 Å². The first-order valence-corrected chi connectivity index (χ1v) is 8.52. The van der Waals surface area contributed by atoms with Crippen molar-refractivity contribution in [2.75, 3.05) is 6.61 Å². The third-order valence-corrected chi connectivity index (χ3v) is 3.81. The van der Waals surface area contributed by atoms with Gasteiger partial charge in [-0.1, -0.05) is 49.6 Å². The van der Waals surface area contributed by atoms with E-state index in [0.717, 1.165) is 37.1 Å². The minimum atomic E-state index is -0.0700. The lowest BCUT2D eigenvalue weighted by Gasteiger charge is -2.03. The Balaban J connectivity index is 1.59. The van der Waals surface area contributed by atoms with Gasteiger partial charge in [-0.2, -0.15) is 0 Å². The Morgan fingerprint density at radius 3 is 2.61 bits per heavy atom. The summed E-state index contributed by atoms with van der Waals surface area (Å²) in [6.07, 6.45) is 10.1. The molecule has 0 radical (unpaired) electrons. The first-order valence-electron chi connectivity index (χ1n) is 8.52. The van der Waals surface area contributed by atoms with Gasteiger partial charge in [-0.05, 0) is 19.8 Å². The smallest absolute Gasteiger partial charge is 0.305 e. The van der Waals surface area contributed by atoms with Crippen LogP contribution in [0.4, 0.5) is 0 Å². The van der Waals surface area contributed by atoms with E-state index in [1.165, 1.54) is 12.8 Å². The SMILES string of the molecule is CCOC(=O)CCCCCCCn1cnc(-c2ccccc2)c1. The molecule has 4 heteroatoms. The lowest BCUT2D eigenvalue weighted by atomic mass is 10.1. The number of imidazole rings is 1. The first-order chi connectivity index (χ1) is 11.3. The van der Waals surface area contributed by atoms with Crippen molar-refractivity contribution in [1.82, 2.24) is 9.55 Å². The maximum atomic E-state index is 11.2. The fraction of sp³-hybridized carbons (Fsp3) is 0.474. The highest BCUT2D eigenvalue weighted by Crippen LogP contribution is 2.16. The molecule has 1 aromatic heterocycles. The van der Waals surface area contributed by atoms with Crippen molar-refractivity contribution in [3.8, 4) is 11.3 Å². The Morgan fingerprint density at radius 1 is 1.09 bits per heavy atom. The fourth-order valence-corrected chi connectivity index (χ4v) is 2.57. The van der Waals surface area contributed by atoms with Gasteiger partial charge in [0.2, 0.25) is 0 Å². The third kappa shape index (κ3) is 6.27. The molecular formula is C19H26N2O2. The molecular weight excluding hydrogens is 288 g/mol. The van der Waals surface area contributed by atoms with Crippen molar-refractivity contribution < 1.29 is 9.53 Å². The lowest BCUT2D eigenvalue weighted by Crippen LogP contribution is -2.03. The van der Waals surface area contributed by atoms with Crippen LogP contribution >= 0.6 is 0 Å². The molecule has 0 saturated heterocycles. The molecule has 0 unspecified atom stereocenters. The molecule has 0 aliphatic carbocycles. The largest absolute Gasteiger partial charge is 0.466 e. The molecule has 0 bridgehead atoms. The van der Waals surface area contributed by atoms with E-state index in [1.54, 1.807) is 0 Å². The van der Waals surface area contributed by atoms with Crippen molar-refractivity contribution in [3.05, 3.63) is 42.9 Å². The number of esters is 1. The first kappa shape index (κ1) is 17.3. The number of rotatable bonds is 10. The van der Waals surface area contributed by atoms with Gasteiger partial charge in [0.05, 0.1) is 18.6 Å². The highest BCUT2D eigenvalue weighted by Gasteiger charge is 2.02. The van der Waals surface area contributed by atoms with Gasteiger partial charge in [-0.3, -0.25) is 4.79 Å². The molecule has 0 spiro atoms. The molecule has 23 heavy (non-hydrogen) atoms. The van der Waals surface area contributed by atoms with Crippen molar-refractivity contribution in [2.45, 2.75) is 52.0 Å². The predicted octanol–water partition coefficient (Wildman–Crippen LogP) is 4.45. The van der Waals surface area contributed by atoms with Crippen molar-refractivity contribution in [1.29, 1.82) is 0 Å². The van der Waals surface area contributed by atoms with Gasteiger partial charge in [0.15, 0.2) is 0 Å². The van der Waals surface area contributed by atoms with Crippen LogP contribution < -0.4 is 0 Å². The average Bonchev–Trinajstić information content (AvgIpc) is 3.04. The Morgan fingerprint density at radius 2 is 1.83 bits per heavy atom. The topological polar surface area (TPSA) is 44.1 Å². The van der Waals surface area contributed by atoms with Crippen molar-refractivity contribution >= 4 is 5.97 Å². The second kappa shape index (κ2) is 9.82. The van der Waals surface area contributed by atoms with E-state index >= 15 is 0 Å². The van der Waals surface area contributed by atoms with Gasteiger partial charge in [0.25, 0.3) is 0 Å². The van der Waals surface area contributed by atoms with Crippen LogP contribution in [0.5, 0.6) is 0 Å². The van der Waals surface area contributed by atoms with Crippen molar-refractivity contribution in [3.63, 3.8) is 0 Å². The number of hydrogen-bond donors (Lipinski definition) is 0. The summed E-state index contributed by atoms with van der Waals surface area (Å²) in [5, 5.41) is 0. The van der Waals surface area contributed by atoms with Crippen LogP contribution in [0, 0.1) is 0 Å². The molecule has 1 aromatic carbocycles. The van der Waals surface area contributed by atoms with E-state index in [2.05, 4.69) is 27.9 Å². The zero-order valence-electron chi connectivity index (χ0n) is 13.9. The molecule has 0 aliphatic heterocycles. The molecule has 0 atom stereocenters. The Hall–Kier alpha value is -2.10. The lowest BCUT2D eigenvalue weighted by molar-refractivity contribution is -0.143. The van der Waals surface area contributed by atoms with Crippen molar-refractivity contribution in [2.24, 2.45) is 0 Å². The molecule has 0 fully saturated rings. The summed E-state index contributed by atoms with van der Waals surface area (Å²) in [5.74, 6) is -0.0700. The molecule has 1 heterocycles. The quantitative estimate of drug-likeness (QED) is 0.480. The number of aryl methyl sites for hydroxylation is 1. The molecule has 0 amide bonds. The normalized spacial score (nSPS) is 10.7. The molecule has 124 valence electrons. The standard InChI is InChI=1S/C19H26N2O2/c1-2-23-19(22)13-9-4-3-5-10-14-21-15-18(20-16-21)17-11-7-6-8-12-17/h6-8,11-12,15-16H,2-5,9-10,13-14H2,1H3. The summed E-state index contributed by atoms with van der Waals surface area (Å²) in [6, 6.07) is 10.2. The molecule has 0 saturated carbocycles. The van der Waals surface area contributed by atoms with E-state index in [0.29, 0.717) is 13.0 Å². The molecule has 4 nitrogen and oxygen atoms in total. The van der Waals surface area contributed by atoms with Gasteiger partial charge in [-0.15, -0.1) is 0 Å². The maximum Gasteiger partial charge on any atom is 0.305 e. The fourth-order valence-electron chi connectivity index (χ4n) is 2.57. The van der Waals surface area contributed by atoms with Crippen LogP contribution in [-0.2, 0) is 16.1 Å². The summed E-state index contributed by atoms with van der Waals surface area (Å²) in [4.78, 5) is 15.7. The number of carbonyl (C=O) groups is 1. The molecule has 0 N–H and O–H groups in total.